The lowest BCUT2D eigenvalue weighted by atomic mass is 9.86. The summed E-state index contributed by atoms with van der Waals surface area (Å²) in [4.78, 5) is 38.4. The van der Waals surface area contributed by atoms with E-state index in [1.165, 1.54) is 4.90 Å². The van der Waals surface area contributed by atoms with Gasteiger partial charge in [-0.15, -0.1) is 0 Å². The van der Waals surface area contributed by atoms with E-state index in [1.807, 2.05) is 69.3 Å². The summed E-state index contributed by atoms with van der Waals surface area (Å²) in [5.74, 6) is -1.69. The molecule has 8 nitrogen and oxygen atoms in total. The molecule has 0 aliphatic heterocycles. The molecule has 3 N–H and O–H groups in total. The van der Waals surface area contributed by atoms with E-state index < -0.39 is 35.5 Å². The van der Waals surface area contributed by atoms with Crippen molar-refractivity contribution in [1.82, 2.24) is 10.2 Å². The summed E-state index contributed by atoms with van der Waals surface area (Å²) in [6.07, 6.45) is -1.18. The molecule has 188 valence electrons. The monoisotopic (exact) mass is 482 g/mol. The molecule has 2 aromatic rings. The number of rotatable bonds is 9. The molecule has 1 aliphatic carbocycles. The van der Waals surface area contributed by atoms with Gasteiger partial charge in [0.05, 0.1) is 12.6 Å². The minimum absolute atomic E-state index is 0.0802. The highest BCUT2D eigenvalue weighted by Gasteiger charge is 2.35. The number of benzene rings is 2. The van der Waals surface area contributed by atoms with Crippen LogP contribution < -0.4 is 5.32 Å². The quantitative estimate of drug-likeness (QED) is 0.503. The van der Waals surface area contributed by atoms with Gasteiger partial charge in [0.2, 0.25) is 5.91 Å². The number of carbonyl (C=O) groups excluding carboxylic acids is 2. The van der Waals surface area contributed by atoms with Crippen LogP contribution in [0.25, 0.3) is 11.1 Å². The zero-order chi connectivity index (χ0) is 25.8. The number of likely N-dealkylation sites (N-methyl/N-ethyl adjacent to an activating group) is 1. The number of nitrogens with one attached hydrogen (secondary N) is 1. The molecule has 0 bridgehead atoms. The van der Waals surface area contributed by atoms with Crippen LogP contribution in [0.4, 0.5) is 4.79 Å². The molecule has 0 saturated heterocycles. The van der Waals surface area contributed by atoms with Crippen LogP contribution in [0.5, 0.6) is 0 Å². The lowest BCUT2D eigenvalue weighted by Crippen LogP contribution is -2.54. The summed E-state index contributed by atoms with van der Waals surface area (Å²) in [7, 11) is 1.54. The molecule has 2 atom stereocenters. The van der Waals surface area contributed by atoms with Gasteiger partial charge in [-0.05, 0) is 34.1 Å². The van der Waals surface area contributed by atoms with Gasteiger partial charge >= 0.3 is 12.1 Å². The zero-order valence-electron chi connectivity index (χ0n) is 20.7. The Bertz CT molecular complexity index is 1030. The van der Waals surface area contributed by atoms with Crippen molar-refractivity contribution in [2.75, 3.05) is 20.3 Å². The fourth-order valence-electron chi connectivity index (χ4n) is 4.68. The maximum atomic E-state index is 13.2. The number of ether oxygens (including phenoxy) is 1. The van der Waals surface area contributed by atoms with Gasteiger partial charge in [-0.25, -0.2) is 4.79 Å². The minimum atomic E-state index is -1.09. The Kier molecular flexibility index (Phi) is 8.17. The molecule has 0 saturated carbocycles. The van der Waals surface area contributed by atoms with Gasteiger partial charge in [-0.3, -0.25) is 9.59 Å². The minimum Gasteiger partial charge on any atom is -0.481 e. The Morgan fingerprint density at radius 2 is 1.57 bits per heavy atom. The van der Waals surface area contributed by atoms with E-state index in [0.717, 1.165) is 22.3 Å². The number of amides is 2. The molecule has 0 radical (unpaired) electrons. The standard InChI is InChI=1S/C27H34N2O6/c1-27(2,3)23(15-30)29(4)25(33)22(13-14-24(31)32)28-26(34)35-16-21-19-11-7-5-9-17(19)18-10-6-8-12-20(18)21/h5-12,21-23,30H,13-16H2,1-4H3,(H,28,34)(H,31,32). The number of aliphatic hydroxyl groups excluding tert-OH is 1. The third-order valence-corrected chi connectivity index (χ3v) is 6.57. The van der Waals surface area contributed by atoms with Crippen molar-refractivity contribution < 1.29 is 29.3 Å². The van der Waals surface area contributed by atoms with E-state index in [0.29, 0.717) is 0 Å². The highest BCUT2D eigenvalue weighted by Crippen LogP contribution is 2.44. The molecule has 0 aromatic heterocycles. The van der Waals surface area contributed by atoms with Crippen molar-refractivity contribution in [2.24, 2.45) is 5.41 Å². The summed E-state index contributed by atoms with van der Waals surface area (Å²) < 4.78 is 5.54. The average molecular weight is 483 g/mol. The number of alkyl carbamates (subject to hydrolysis) is 1. The van der Waals surface area contributed by atoms with E-state index in [2.05, 4.69) is 5.32 Å². The van der Waals surface area contributed by atoms with Gasteiger partial charge in [-0.1, -0.05) is 69.3 Å². The summed E-state index contributed by atoms with van der Waals surface area (Å²) >= 11 is 0. The fourth-order valence-corrected chi connectivity index (χ4v) is 4.68. The van der Waals surface area contributed by atoms with Crippen LogP contribution in [-0.2, 0) is 14.3 Å². The number of carboxylic acid groups (broad SMARTS) is 1. The first-order chi connectivity index (χ1) is 16.5. The summed E-state index contributed by atoms with van der Waals surface area (Å²) in [5.41, 5.74) is 3.92. The van der Waals surface area contributed by atoms with Gasteiger partial charge in [0.25, 0.3) is 0 Å². The number of carbonyl (C=O) groups is 3. The Morgan fingerprint density at radius 1 is 1.03 bits per heavy atom. The smallest absolute Gasteiger partial charge is 0.407 e. The molecular weight excluding hydrogens is 448 g/mol. The van der Waals surface area contributed by atoms with Gasteiger partial charge in [0.1, 0.15) is 12.6 Å². The molecule has 2 aromatic carbocycles. The van der Waals surface area contributed by atoms with Crippen molar-refractivity contribution >= 4 is 18.0 Å². The van der Waals surface area contributed by atoms with Gasteiger partial charge in [0.15, 0.2) is 0 Å². The average Bonchev–Trinajstić information content (AvgIpc) is 3.13. The molecule has 35 heavy (non-hydrogen) atoms. The van der Waals surface area contributed by atoms with Crippen molar-refractivity contribution in [3.63, 3.8) is 0 Å². The molecule has 0 heterocycles. The summed E-state index contributed by atoms with van der Waals surface area (Å²) in [5, 5.41) is 21.5. The lowest BCUT2D eigenvalue weighted by Gasteiger charge is -2.38. The van der Waals surface area contributed by atoms with Crippen LogP contribution in [0.2, 0.25) is 0 Å². The Labute approximate surface area is 205 Å². The Morgan fingerprint density at radius 3 is 2.06 bits per heavy atom. The third-order valence-electron chi connectivity index (χ3n) is 6.57. The highest BCUT2D eigenvalue weighted by molar-refractivity contribution is 5.86. The molecule has 0 spiro atoms. The van der Waals surface area contributed by atoms with E-state index in [4.69, 9.17) is 9.84 Å². The Hall–Kier alpha value is -3.39. The van der Waals surface area contributed by atoms with Crippen molar-refractivity contribution in [3.8, 4) is 11.1 Å². The van der Waals surface area contributed by atoms with Gasteiger partial charge < -0.3 is 25.2 Å². The van der Waals surface area contributed by atoms with Crippen molar-refractivity contribution in [1.29, 1.82) is 0 Å². The van der Waals surface area contributed by atoms with Crippen LogP contribution in [0, 0.1) is 5.41 Å². The van der Waals surface area contributed by atoms with Gasteiger partial charge in [0, 0.05) is 19.4 Å². The summed E-state index contributed by atoms with van der Waals surface area (Å²) in [6.45, 7) is 5.49. The summed E-state index contributed by atoms with van der Waals surface area (Å²) in [6, 6.07) is 14.3. The van der Waals surface area contributed by atoms with Gasteiger partial charge in [-0.2, -0.15) is 0 Å². The second-order valence-electron chi connectivity index (χ2n) is 9.97. The topological polar surface area (TPSA) is 116 Å². The molecule has 3 rings (SSSR count). The van der Waals surface area contributed by atoms with E-state index in [1.54, 1.807) is 7.05 Å². The zero-order valence-corrected chi connectivity index (χ0v) is 20.7. The Balaban J connectivity index is 1.71. The lowest BCUT2D eigenvalue weighted by molar-refractivity contribution is -0.139. The van der Waals surface area contributed by atoms with E-state index in [9.17, 15) is 19.5 Å². The molecule has 1 aliphatic rings. The van der Waals surface area contributed by atoms with Crippen LogP contribution in [0.1, 0.15) is 50.7 Å². The molecule has 2 amide bonds. The predicted molar refractivity (Wildman–Crippen MR) is 132 cm³/mol. The number of hydrogen-bond acceptors (Lipinski definition) is 5. The predicted octanol–water partition coefficient (Wildman–Crippen LogP) is 3.62. The van der Waals surface area contributed by atoms with Crippen LogP contribution in [0.15, 0.2) is 48.5 Å². The normalized spacial score (nSPS) is 14.4. The maximum Gasteiger partial charge on any atom is 0.407 e. The largest absolute Gasteiger partial charge is 0.481 e. The first-order valence-electron chi connectivity index (χ1n) is 11.8. The number of fused-ring (bicyclic) bond motifs is 3. The van der Waals surface area contributed by atoms with E-state index in [-0.39, 0.29) is 32.0 Å². The number of aliphatic hydroxyl groups is 1. The maximum absolute atomic E-state index is 13.2. The molecule has 0 fully saturated rings. The number of hydrogen-bond donors (Lipinski definition) is 3. The van der Waals surface area contributed by atoms with E-state index >= 15 is 0 Å². The molecule has 8 heteroatoms. The third kappa shape index (κ3) is 6.00. The van der Waals surface area contributed by atoms with Crippen molar-refractivity contribution in [3.05, 3.63) is 59.7 Å². The first-order valence-corrected chi connectivity index (χ1v) is 11.8. The second kappa shape index (κ2) is 10.9. The van der Waals surface area contributed by atoms with Crippen LogP contribution in [0.3, 0.4) is 0 Å². The number of carboxylic acids is 1. The van der Waals surface area contributed by atoms with Crippen LogP contribution in [-0.4, -0.2) is 65.4 Å². The first kappa shape index (κ1) is 26.2. The second-order valence-corrected chi connectivity index (χ2v) is 9.97. The van der Waals surface area contributed by atoms with Crippen molar-refractivity contribution in [2.45, 2.75) is 51.6 Å². The fraction of sp³-hybridized carbons (Fsp3) is 0.444. The van der Waals surface area contributed by atoms with Crippen LogP contribution >= 0.6 is 0 Å². The number of nitrogens with zero attached hydrogens (tertiary/aromatic N) is 1. The molecule has 2 unspecified atom stereocenters. The number of aliphatic carboxylic acids is 1. The highest BCUT2D eigenvalue weighted by atomic mass is 16.5. The SMILES string of the molecule is CN(C(=O)C(CCC(=O)O)NC(=O)OCC1c2ccccc2-c2ccccc21)C(CO)C(C)(C)C. The molecular formula is C27H34N2O6.